The number of nitrogens with zero attached hydrogens (tertiary/aromatic N) is 2. The fraction of sp³-hybridized carbons (Fsp3) is 0.348. The van der Waals surface area contributed by atoms with Gasteiger partial charge >= 0.3 is 5.97 Å². The van der Waals surface area contributed by atoms with Crippen LogP contribution in [-0.4, -0.2) is 48.0 Å². The summed E-state index contributed by atoms with van der Waals surface area (Å²) in [5.74, 6) is 0.00272. The van der Waals surface area contributed by atoms with E-state index in [-0.39, 0.29) is 11.9 Å². The zero-order chi connectivity index (χ0) is 20.9. The monoisotopic (exact) mass is 423 g/mol. The van der Waals surface area contributed by atoms with Crippen LogP contribution in [0.2, 0.25) is 0 Å². The van der Waals surface area contributed by atoms with E-state index in [0.29, 0.717) is 30.3 Å². The van der Waals surface area contributed by atoms with Gasteiger partial charge in [0.1, 0.15) is 0 Å². The summed E-state index contributed by atoms with van der Waals surface area (Å²) in [6.45, 7) is 4.18. The van der Waals surface area contributed by atoms with Gasteiger partial charge < -0.3 is 10.1 Å². The molecule has 3 aromatic rings. The van der Waals surface area contributed by atoms with Crippen LogP contribution in [0.3, 0.4) is 0 Å². The number of piperidine rings is 1. The van der Waals surface area contributed by atoms with Crippen molar-refractivity contribution in [1.82, 2.24) is 9.88 Å². The lowest BCUT2D eigenvalue weighted by Gasteiger charge is -2.30. The fourth-order valence-electron chi connectivity index (χ4n) is 3.74. The lowest BCUT2D eigenvalue weighted by molar-refractivity contribution is -0.117. The summed E-state index contributed by atoms with van der Waals surface area (Å²) in [6, 6.07) is 15.1. The van der Waals surface area contributed by atoms with Crippen molar-refractivity contribution >= 4 is 39.1 Å². The Morgan fingerprint density at radius 1 is 1.17 bits per heavy atom. The molecule has 2 heterocycles. The number of hydrogen-bond acceptors (Lipinski definition) is 6. The highest BCUT2D eigenvalue weighted by molar-refractivity contribution is 7.18. The number of esters is 1. The Balaban J connectivity index is 1.29. The van der Waals surface area contributed by atoms with Crippen molar-refractivity contribution in [2.75, 3.05) is 31.6 Å². The molecule has 1 fully saturated rings. The Kier molecular flexibility index (Phi) is 6.40. The Hall–Kier alpha value is -2.77. The number of amides is 1. The highest BCUT2D eigenvalue weighted by atomic mass is 32.1. The van der Waals surface area contributed by atoms with Gasteiger partial charge in [-0.05, 0) is 63.2 Å². The van der Waals surface area contributed by atoms with E-state index in [4.69, 9.17) is 9.72 Å². The fourth-order valence-corrected chi connectivity index (χ4v) is 4.88. The number of likely N-dealkylation sites (tertiary alicyclic amines) is 1. The SMILES string of the molecule is CCOC(=O)c1cccc(NC(=O)CN2CCC(c3nc4ccccc4s3)CC2)c1. The number of fused-ring (bicyclic) bond motifs is 1. The Morgan fingerprint density at radius 3 is 2.73 bits per heavy atom. The molecular weight excluding hydrogens is 398 g/mol. The molecule has 1 aromatic heterocycles. The minimum absolute atomic E-state index is 0.0746. The maximum atomic E-state index is 12.5. The van der Waals surface area contributed by atoms with Crippen LogP contribution in [0.4, 0.5) is 5.69 Å². The van der Waals surface area contributed by atoms with Crippen LogP contribution in [0, 0.1) is 0 Å². The lowest BCUT2D eigenvalue weighted by atomic mass is 9.97. The first-order valence-corrected chi connectivity index (χ1v) is 11.1. The molecule has 0 unspecified atom stereocenters. The molecule has 1 amide bonds. The van der Waals surface area contributed by atoms with Gasteiger partial charge in [0.25, 0.3) is 0 Å². The average molecular weight is 424 g/mol. The number of para-hydroxylation sites is 1. The van der Waals surface area contributed by atoms with Gasteiger partial charge in [-0.2, -0.15) is 0 Å². The molecule has 0 aliphatic carbocycles. The largest absolute Gasteiger partial charge is 0.462 e. The normalized spacial score (nSPS) is 15.2. The van der Waals surface area contributed by atoms with Gasteiger partial charge in [0.05, 0.1) is 33.9 Å². The van der Waals surface area contributed by atoms with Gasteiger partial charge in [0.15, 0.2) is 0 Å². The van der Waals surface area contributed by atoms with Crippen LogP contribution in [-0.2, 0) is 9.53 Å². The number of aromatic nitrogens is 1. The van der Waals surface area contributed by atoms with E-state index >= 15 is 0 Å². The maximum Gasteiger partial charge on any atom is 0.338 e. The van der Waals surface area contributed by atoms with E-state index in [1.165, 1.54) is 9.71 Å². The first kappa shape index (κ1) is 20.5. The Labute approximate surface area is 179 Å². The quantitative estimate of drug-likeness (QED) is 0.599. The third kappa shape index (κ3) is 4.86. The highest BCUT2D eigenvalue weighted by Gasteiger charge is 2.24. The van der Waals surface area contributed by atoms with E-state index < -0.39 is 0 Å². The third-order valence-electron chi connectivity index (χ3n) is 5.27. The van der Waals surface area contributed by atoms with Gasteiger partial charge in [0.2, 0.25) is 5.91 Å². The zero-order valence-corrected chi connectivity index (χ0v) is 17.8. The number of benzene rings is 2. The minimum Gasteiger partial charge on any atom is -0.462 e. The number of rotatable bonds is 6. The third-order valence-corrected chi connectivity index (χ3v) is 6.47. The van der Waals surface area contributed by atoms with Crippen LogP contribution in [0.1, 0.15) is 41.0 Å². The van der Waals surface area contributed by atoms with Crippen LogP contribution < -0.4 is 5.32 Å². The van der Waals surface area contributed by atoms with E-state index in [1.54, 1.807) is 42.5 Å². The van der Waals surface area contributed by atoms with Crippen LogP contribution >= 0.6 is 11.3 Å². The van der Waals surface area contributed by atoms with E-state index in [9.17, 15) is 9.59 Å². The molecule has 6 nitrogen and oxygen atoms in total. The molecule has 30 heavy (non-hydrogen) atoms. The summed E-state index contributed by atoms with van der Waals surface area (Å²) in [6.07, 6.45) is 2.01. The van der Waals surface area contributed by atoms with E-state index in [2.05, 4.69) is 22.3 Å². The molecule has 1 aliphatic heterocycles. The number of thiazole rings is 1. The predicted octanol–water partition coefficient (Wildman–Crippen LogP) is 4.29. The second-order valence-corrected chi connectivity index (χ2v) is 8.48. The highest BCUT2D eigenvalue weighted by Crippen LogP contribution is 2.33. The smallest absolute Gasteiger partial charge is 0.338 e. The summed E-state index contributed by atoms with van der Waals surface area (Å²) < 4.78 is 6.25. The summed E-state index contributed by atoms with van der Waals surface area (Å²) in [5, 5.41) is 4.09. The van der Waals surface area contributed by atoms with Crippen molar-refractivity contribution in [1.29, 1.82) is 0 Å². The molecule has 0 bridgehead atoms. The number of anilines is 1. The van der Waals surface area contributed by atoms with Gasteiger partial charge in [-0.3, -0.25) is 9.69 Å². The molecule has 0 spiro atoms. The number of hydrogen-bond donors (Lipinski definition) is 1. The van der Waals surface area contributed by atoms with Gasteiger partial charge in [0, 0.05) is 11.6 Å². The molecule has 156 valence electrons. The molecule has 1 N–H and O–H groups in total. The van der Waals surface area contributed by atoms with Crippen LogP contribution in [0.15, 0.2) is 48.5 Å². The Morgan fingerprint density at radius 2 is 1.97 bits per heavy atom. The molecule has 7 heteroatoms. The van der Waals surface area contributed by atoms with Crippen molar-refractivity contribution in [3.63, 3.8) is 0 Å². The maximum absolute atomic E-state index is 12.5. The zero-order valence-electron chi connectivity index (χ0n) is 17.0. The molecule has 1 aliphatic rings. The number of carbonyl (C=O) groups excluding carboxylic acids is 2. The molecule has 0 radical (unpaired) electrons. The van der Waals surface area contributed by atoms with Crippen molar-refractivity contribution in [2.24, 2.45) is 0 Å². The lowest BCUT2D eigenvalue weighted by Crippen LogP contribution is -2.38. The molecule has 0 atom stereocenters. The number of ether oxygens (including phenoxy) is 1. The first-order valence-electron chi connectivity index (χ1n) is 10.3. The molecule has 4 rings (SSSR count). The minimum atomic E-state index is -0.384. The molecule has 0 saturated carbocycles. The van der Waals surface area contributed by atoms with Crippen molar-refractivity contribution < 1.29 is 14.3 Å². The second kappa shape index (κ2) is 9.36. The van der Waals surface area contributed by atoms with Crippen LogP contribution in [0.25, 0.3) is 10.2 Å². The van der Waals surface area contributed by atoms with Crippen molar-refractivity contribution in [3.05, 3.63) is 59.1 Å². The second-order valence-electron chi connectivity index (χ2n) is 7.42. The summed E-state index contributed by atoms with van der Waals surface area (Å²) in [4.78, 5) is 31.3. The summed E-state index contributed by atoms with van der Waals surface area (Å²) >= 11 is 1.78. The summed E-state index contributed by atoms with van der Waals surface area (Å²) in [5.41, 5.74) is 2.12. The molecule has 2 aromatic carbocycles. The predicted molar refractivity (Wildman–Crippen MR) is 119 cm³/mol. The Bertz CT molecular complexity index is 1010. The summed E-state index contributed by atoms with van der Waals surface area (Å²) in [7, 11) is 0. The standard InChI is InChI=1S/C23H25N3O3S/c1-2-29-23(28)17-6-5-7-18(14-17)24-21(27)15-26-12-10-16(11-13-26)22-25-19-8-3-4-9-20(19)30-22/h3-9,14,16H,2,10-13,15H2,1H3,(H,24,27). The molecule has 1 saturated heterocycles. The first-order chi connectivity index (χ1) is 14.6. The van der Waals surface area contributed by atoms with Crippen LogP contribution in [0.5, 0.6) is 0 Å². The number of carbonyl (C=O) groups is 2. The van der Waals surface area contributed by atoms with E-state index in [0.717, 1.165) is 31.4 Å². The van der Waals surface area contributed by atoms with Crippen molar-refractivity contribution in [2.45, 2.75) is 25.7 Å². The van der Waals surface area contributed by atoms with Gasteiger partial charge in [-0.15, -0.1) is 11.3 Å². The molecular formula is C23H25N3O3S. The van der Waals surface area contributed by atoms with Gasteiger partial charge in [-0.25, -0.2) is 9.78 Å². The average Bonchev–Trinajstić information content (AvgIpc) is 3.19. The van der Waals surface area contributed by atoms with E-state index in [1.807, 2.05) is 12.1 Å². The van der Waals surface area contributed by atoms with Gasteiger partial charge in [-0.1, -0.05) is 18.2 Å². The topological polar surface area (TPSA) is 71.5 Å². The number of nitrogens with one attached hydrogen (secondary N) is 1. The van der Waals surface area contributed by atoms with Crippen molar-refractivity contribution in [3.8, 4) is 0 Å².